The van der Waals surface area contributed by atoms with Crippen molar-refractivity contribution in [2.45, 2.75) is 44.9 Å². The average Bonchev–Trinajstić information content (AvgIpc) is 3.30. The highest BCUT2D eigenvalue weighted by Crippen LogP contribution is 2.48. The highest BCUT2D eigenvalue weighted by atomic mass is 15.1. The van der Waals surface area contributed by atoms with Gasteiger partial charge >= 0.3 is 0 Å². The molecular weight excluding hydrogens is 224 g/mol. The second kappa shape index (κ2) is 4.41. The Labute approximate surface area is 109 Å². The second-order valence-corrected chi connectivity index (χ2v) is 5.73. The minimum Gasteiger partial charge on any atom is -0.373 e. The zero-order valence-electron chi connectivity index (χ0n) is 11.3. The minimum atomic E-state index is 0.546. The fourth-order valence-corrected chi connectivity index (χ4v) is 2.32. The van der Waals surface area contributed by atoms with E-state index < -0.39 is 0 Å². The maximum atomic E-state index is 4.65. The van der Waals surface area contributed by atoms with E-state index in [4.69, 9.17) is 0 Å². The molecule has 2 N–H and O–H groups in total. The zero-order chi connectivity index (χ0) is 12.6. The lowest BCUT2D eigenvalue weighted by Crippen LogP contribution is -2.16. The smallest absolute Gasteiger partial charge is 0.136 e. The summed E-state index contributed by atoms with van der Waals surface area (Å²) in [6, 6.07) is 2.01. The second-order valence-electron chi connectivity index (χ2n) is 5.73. The number of nitrogens with zero attached hydrogens (tertiary/aromatic N) is 2. The van der Waals surface area contributed by atoms with Crippen molar-refractivity contribution in [2.24, 2.45) is 5.41 Å². The van der Waals surface area contributed by atoms with Gasteiger partial charge in [-0.3, -0.25) is 0 Å². The van der Waals surface area contributed by atoms with E-state index in [9.17, 15) is 0 Å². The van der Waals surface area contributed by atoms with Crippen LogP contribution in [-0.2, 0) is 0 Å². The third kappa shape index (κ3) is 2.42. The van der Waals surface area contributed by atoms with Crippen LogP contribution in [-0.4, -0.2) is 23.6 Å². The number of hydrogen-bond acceptors (Lipinski definition) is 4. The summed E-state index contributed by atoms with van der Waals surface area (Å²) in [7, 11) is 1.91. The van der Waals surface area contributed by atoms with Crippen LogP contribution in [0.5, 0.6) is 0 Å². The van der Waals surface area contributed by atoms with E-state index in [1.54, 1.807) is 0 Å². The molecule has 4 heteroatoms. The maximum absolute atomic E-state index is 4.65. The molecule has 0 atom stereocenters. The van der Waals surface area contributed by atoms with Gasteiger partial charge in [0.15, 0.2) is 0 Å². The lowest BCUT2D eigenvalue weighted by molar-refractivity contribution is 0.520. The molecule has 0 bridgehead atoms. The van der Waals surface area contributed by atoms with Crippen molar-refractivity contribution in [3.8, 4) is 0 Å². The third-order valence-corrected chi connectivity index (χ3v) is 4.29. The summed E-state index contributed by atoms with van der Waals surface area (Å²) < 4.78 is 0. The molecule has 2 aliphatic rings. The number of anilines is 2. The Bertz CT molecular complexity index is 435. The molecule has 0 aromatic carbocycles. The largest absolute Gasteiger partial charge is 0.373 e. The van der Waals surface area contributed by atoms with Crippen LogP contribution in [0.1, 0.15) is 50.8 Å². The number of hydrogen-bond donors (Lipinski definition) is 2. The van der Waals surface area contributed by atoms with Gasteiger partial charge in [-0.25, -0.2) is 9.97 Å². The van der Waals surface area contributed by atoms with Gasteiger partial charge in [-0.1, -0.05) is 6.92 Å². The van der Waals surface area contributed by atoms with E-state index in [1.165, 1.54) is 32.1 Å². The van der Waals surface area contributed by atoms with Crippen molar-refractivity contribution in [2.75, 3.05) is 24.2 Å². The van der Waals surface area contributed by atoms with Gasteiger partial charge in [-0.15, -0.1) is 0 Å². The summed E-state index contributed by atoms with van der Waals surface area (Å²) in [6.07, 6.45) is 6.46. The standard InChI is InChI=1S/C14H22N4/c1-3-14(6-7-14)9-16-12-8-11(15-2)17-13(18-12)10-4-5-10/h8,10H,3-7,9H2,1-2H3,(H2,15,16,17,18). The fraction of sp³-hybridized carbons (Fsp3) is 0.714. The molecule has 0 saturated heterocycles. The highest BCUT2D eigenvalue weighted by Gasteiger charge is 2.40. The molecule has 98 valence electrons. The molecule has 2 fully saturated rings. The molecule has 0 radical (unpaired) electrons. The van der Waals surface area contributed by atoms with E-state index in [0.717, 1.165) is 24.0 Å². The van der Waals surface area contributed by atoms with E-state index >= 15 is 0 Å². The molecule has 3 rings (SSSR count). The van der Waals surface area contributed by atoms with Gasteiger partial charge in [-0.05, 0) is 37.5 Å². The van der Waals surface area contributed by atoms with Gasteiger partial charge in [0.1, 0.15) is 17.5 Å². The quantitative estimate of drug-likeness (QED) is 0.810. The predicted octanol–water partition coefficient (Wildman–Crippen LogP) is 3.00. The van der Waals surface area contributed by atoms with Gasteiger partial charge in [0, 0.05) is 25.6 Å². The topological polar surface area (TPSA) is 49.8 Å². The minimum absolute atomic E-state index is 0.546. The molecule has 1 aromatic heterocycles. The van der Waals surface area contributed by atoms with Crippen LogP contribution in [0.2, 0.25) is 0 Å². The summed E-state index contributed by atoms with van der Waals surface area (Å²) in [4.78, 5) is 9.18. The molecule has 18 heavy (non-hydrogen) atoms. The summed E-state index contributed by atoms with van der Waals surface area (Å²) in [5.41, 5.74) is 0.546. The lowest BCUT2D eigenvalue weighted by Gasteiger charge is -2.15. The Morgan fingerprint density at radius 2 is 2.00 bits per heavy atom. The van der Waals surface area contributed by atoms with Crippen molar-refractivity contribution >= 4 is 11.6 Å². The van der Waals surface area contributed by atoms with Gasteiger partial charge in [-0.2, -0.15) is 0 Å². The van der Waals surface area contributed by atoms with Gasteiger partial charge in [0.05, 0.1) is 0 Å². The predicted molar refractivity (Wildman–Crippen MR) is 74.0 cm³/mol. The Balaban J connectivity index is 1.72. The first kappa shape index (κ1) is 11.8. The Morgan fingerprint density at radius 3 is 2.56 bits per heavy atom. The zero-order valence-corrected chi connectivity index (χ0v) is 11.3. The van der Waals surface area contributed by atoms with E-state index in [-0.39, 0.29) is 0 Å². The third-order valence-electron chi connectivity index (χ3n) is 4.29. The van der Waals surface area contributed by atoms with Crippen molar-refractivity contribution in [3.05, 3.63) is 11.9 Å². The van der Waals surface area contributed by atoms with Crippen LogP contribution in [0.25, 0.3) is 0 Å². The van der Waals surface area contributed by atoms with Gasteiger partial charge in [0.2, 0.25) is 0 Å². The summed E-state index contributed by atoms with van der Waals surface area (Å²) >= 11 is 0. The summed E-state index contributed by atoms with van der Waals surface area (Å²) in [5.74, 6) is 3.51. The van der Waals surface area contributed by atoms with Gasteiger partial charge in [0.25, 0.3) is 0 Å². The van der Waals surface area contributed by atoms with Crippen LogP contribution in [0.4, 0.5) is 11.6 Å². The van der Waals surface area contributed by atoms with E-state index in [0.29, 0.717) is 11.3 Å². The lowest BCUT2D eigenvalue weighted by atomic mass is 10.0. The van der Waals surface area contributed by atoms with Gasteiger partial charge < -0.3 is 10.6 Å². The summed E-state index contributed by atoms with van der Waals surface area (Å²) in [5, 5.41) is 6.63. The molecule has 1 aromatic rings. The van der Waals surface area contributed by atoms with Crippen LogP contribution >= 0.6 is 0 Å². The Kier molecular flexibility index (Phi) is 2.88. The first-order valence-electron chi connectivity index (χ1n) is 7.05. The van der Waals surface area contributed by atoms with Crippen molar-refractivity contribution in [1.29, 1.82) is 0 Å². The van der Waals surface area contributed by atoms with Crippen LogP contribution in [0.3, 0.4) is 0 Å². The van der Waals surface area contributed by atoms with Crippen LogP contribution < -0.4 is 10.6 Å². The van der Waals surface area contributed by atoms with Crippen molar-refractivity contribution in [1.82, 2.24) is 9.97 Å². The highest BCUT2D eigenvalue weighted by molar-refractivity contribution is 5.48. The Morgan fingerprint density at radius 1 is 1.28 bits per heavy atom. The molecule has 2 saturated carbocycles. The number of aromatic nitrogens is 2. The van der Waals surface area contributed by atoms with Crippen molar-refractivity contribution in [3.63, 3.8) is 0 Å². The van der Waals surface area contributed by atoms with Crippen molar-refractivity contribution < 1.29 is 0 Å². The Hall–Kier alpha value is -1.32. The monoisotopic (exact) mass is 246 g/mol. The first-order valence-corrected chi connectivity index (χ1v) is 7.05. The average molecular weight is 246 g/mol. The van der Waals surface area contributed by atoms with Crippen LogP contribution in [0, 0.1) is 5.41 Å². The SMILES string of the molecule is CCC1(CNc2cc(NC)nc(C3CC3)n2)CC1. The number of nitrogens with one attached hydrogen (secondary N) is 2. The molecule has 4 nitrogen and oxygen atoms in total. The molecular formula is C14H22N4. The first-order chi connectivity index (χ1) is 8.74. The molecule has 0 unspecified atom stereocenters. The molecule has 2 aliphatic carbocycles. The van der Waals surface area contributed by atoms with E-state index in [1.807, 2.05) is 13.1 Å². The fourth-order valence-electron chi connectivity index (χ4n) is 2.32. The molecule has 0 aliphatic heterocycles. The van der Waals surface area contributed by atoms with E-state index in [2.05, 4.69) is 27.5 Å². The molecule has 1 heterocycles. The maximum Gasteiger partial charge on any atom is 0.136 e. The summed E-state index contributed by atoms with van der Waals surface area (Å²) in [6.45, 7) is 3.33. The van der Waals surface area contributed by atoms with Crippen LogP contribution in [0.15, 0.2) is 6.07 Å². The molecule has 0 spiro atoms. The normalized spacial score (nSPS) is 20.6. The molecule has 0 amide bonds. The number of rotatable bonds is 6.